The van der Waals surface area contributed by atoms with E-state index in [0.717, 1.165) is 0 Å². The summed E-state index contributed by atoms with van der Waals surface area (Å²) in [4.78, 5) is 52.0. The smallest absolute Gasteiger partial charge is 0.310 e. The molecule has 3 aliphatic rings. The second-order valence-corrected chi connectivity index (χ2v) is 8.55. The van der Waals surface area contributed by atoms with Crippen LogP contribution in [0.25, 0.3) is 0 Å². The van der Waals surface area contributed by atoms with Crippen molar-refractivity contribution in [1.82, 2.24) is 15.5 Å². The molecule has 9 nitrogen and oxygen atoms in total. The quantitative estimate of drug-likeness (QED) is 0.452. The fraction of sp³-hybridized carbons (Fsp3) is 0.455. The van der Waals surface area contributed by atoms with Gasteiger partial charge in [0.05, 0.1) is 17.0 Å². The number of amides is 3. The fourth-order valence-electron chi connectivity index (χ4n) is 4.42. The van der Waals surface area contributed by atoms with Crippen LogP contribution < -0.4 is 10.6 Å². The predicted molar refractivity (Wildman–Crippen MR) is 113 cm³/mol. The molecule has 2 fully saturated rings. The molecule has 3 heterocycles. The number of hydrogen-bond acceptors (Lipinski definition) is 6. The minimum absolute atomic E-state index is 0.129. The molecule has 170 valence electrons. The summed E-state index contributed by atoms with van der Waals surface area (Å²) in [5.41, 5.74) is 0.264. The van der Waals surface area contributed by atoms with Crippen molar-refractivity contribution in [3.63, 3.8) is 0 Å². The molecule has 0 radical (unpaired) electrons. The van der Waals surface area contributed by atoms with Crippen molar-refractivity contribution >= 4 is 35.3 Å². The average molecular weight is 462 g/mol. The first kappa shape index (κ1) is 22.3. The normalized spacial score (nSPS) is 30.7. The summed E-state index contributed by atoms with van der Waals surface area (Å²) in [5, 5.41) is 15.4. The summed E-state index contributed by atoms with van der Waals surface area (Å²) in [6.07, 6.45) is 4.24. The van der Waals surface area contributed by atoms with Crippen molar-refractivity contribution in [2.75, 3.05) is 0 Å². The van der Waals surface area contributed by atoms with E-state index >= 15 is 0 Å². The zero-order valence-corrected chi connectivity index (χ0v) is 18.0. The van der Waals surface area contributed by atoms with Crippen molar-refractivity contribution in [1.29, 1.82) is 0 Å². The number of aliphatic hydroxyl groups is 1. The number of carbonyl (C=O) groups is 4. The Balaban J connectivity index is 1.50. The second kappa shape index (κ2) is 9.30. The minimum atomic E-state index is -1.41. The zero-order valence-electron chi connectivity index (χ0n) is 17.2. The van der Waals surface area contributed by atoms with Crippen LogP contribution in [0.15, 0.2) is 36.4 Å². The summed E-state index contributed by atoms with van der Waals surface area (Å²) in [6, 6.07) is 3.92. The van der Waals surface area contributed by atoms with E-state index in [0.29, 0.717) is 19.3 Å². The Morgan fingerprint density at radius 2 is 1.84 bits per heavy atom. The Labute approximate surface area is 189 Å². The van der Waals surface area contributed by atoms with Gasteiger partial charge in [0.25, 0.3) is 5.91 Å². The van der Waals surface area contributed by atoms with Gasteiger partial charge >= 0.3 is 5.97 Å². The van der Waals surface area contributed by atoms with Crippen LogP contribution in [0.5, 0.6) is 0 Å². The van der Waals surface area contributed by atoms with Crippen molar-refractivity contribution < 1.29 is 29.0 Å². The monoisotopic (exact) mass is 461 g/mol. The summed E-state index contributed by atoms with van der Waals surface area (Å²) in [6.45, 7) is 0. The van der Waals surface area contributed by atoms with E-state index in [1.807, 2.05) is 12.2 Å². The summed E-state index contributed by atoms with van der Waals surface area (Å²) in [7, 11) is 0. The third kappa shape index (κ3) is 4.49. The van der Waals surface area contributed by atoms with E-state index < -0.39 is 42.2 Å². The molecular weight excluding hydrogens is 438 g/mol. The van der Waals surface area contributed by atoms with Crippen molar-refractivity contribution in [3.8, 4) is 0 Å². The van der Waals surface area contributed by atoms with Crippen molar-refractivity contribution in [2.45, 2.75) is 62.6 Å². The molecule has 2 unspecified atom stereocenters. The first-order valence-electron chi connectivity index (χ1n) is 10.6. The van der Waals surface area contributed by atoms with Crippen LogP contribution in [0, 0.1) is 0 Å². The van der Waals surface area contributed by atoms with E-state index in [2.05, 4.69) is 15.4 Å². The lowest BCUT2D eigenvalue weighted by atomic mass is 10.0. The minimum Gasteiger partial charge on any atom is -0.434 e. The van der Waals surface area contributed by atoms with Gasteiger partial charge in [-0.2, -0.15) is 0 Å². The fourth-order valence-corrected chi connectivity index (χ4v) is 4.64. The molecule has 1 aromatic carbocycles. The van der Waals surface area contributed by atoms with Gasteiger partial charge < -0.3 is 25.4 Å². The Morgan fingerprint density at radius 3 is 2.56 bits per heavy atom. The van der Waals surface area contributed by atoms with Crippen LogP contribution in [0.1, 0.15) is 42.5 Å². The number of halogens is 1. The molecule has 2 saturated heterocycles. The maximum atomic E-state index is 13.4. The summed E-state index contributed by atoms with van der Waals surface area (Å²) >= 11 is 6.11. The molecule has 0 saturated carbocycles. The second-order valence-electron chi connectivity index (χ2n) is 8.14. The first-order chi connectivity index (χ1) is 15.3. The molecule has 0 aliphatic carbocycles. The molecule has 1 aromatic rings. The number of rotatable bonds is 4. The van der Waals surface area contributed by atoms with Gasteiger partial charge in [-0.3, -0.25) is 19.2 Å². The number of nitrogens with zero attached hydrogens (tertiary/aromatic N) is 1. The van der Waals surface area contributed by atoms with Crippen molar-refractivity contribution in [2.24, 2.45) is 0 Å². The number of nitrogens with one attached hydrogen (secondary N) is 2. The summed E-state index contributed by atoms with van der Waals surface area (Å²) < 4.78 is 4.67. The van der Waals surface area contributed by atoms with Crippen LogP contribution in [0.2, 0.25) is 5.02 Å². The van der Waals surface area contributed by atoms with E-state index in [4.69, 9.17) is 11.6 Å². The number of cyclic esters (lactones) is 1. The standard InChI is InChI=1S/C22H24ClN3O6/c23-14-7-3-2-6-13(14)19(28)24-15-8-4-1-5-12-9-10-17(26(12)21(15)30)20(29)25-16-11-18(27)32-22(16)31/h1-4,6-7,12,15-17,22,31H,5,8-11H2,(H,24,28)(H,25,29)/b4-1-/t12-,15+,16?,17+,22?/m1/s1. The molecule has 4 rings (SSSR count). The van der Waals surface area contributed by atoms with Crippen LogP contribution in [-0.2, 0) is 19.1 Å². The van der Waals surface area contributed by atoms with Gasteiger partial charge in [-0.05, 0) is 37.8 Å². The van der Waals surface area contributed by atoms with Gasteiger partial charge in [0.1, 0.15) is 18.1 Å². The van der Waals surface area contributed by atoms with Gasteiger partial charge in [0.15, 0.2) is 0 Å². The van der Waals surface area contributed by atoms with E-state index in [1.54, 1.807) is 24.3 Å². The third-order valence-corrected chi connectivity index (χ3v) is 6.37. The lowest BCUT2D eigenvalue weighted by Gasteiger charge is -2.34. The molecule has 3 amide bonds. The van der Waals surface area contributed by atoms with Gasteiger partial charge in [0.2, 0.25) is 18.1 Å². The lowest BCUT2D eigenvalue weighted by Crippen LogP contribution is -2.57. The highest BCUT2D eigenvalue weighted by atomic mass is 35.5. The van der Waals surface area contributed by atoms with Crippen LogP contribution in [0.3, 0.4) is 0 Å². The topological polar surface area (TPSA) is 125 Å². The molecule has 3 aliphatic heterocycles. The molecule has 5 atom stereocenters. The number of fused-ring (bicyclic) bond motifs is 1. The Hall–Kier alpha value is -2.91. The Morgan fingerprint density at radius 1 is 1.09 bits per heavy atom. The highest BCUT2D eigenvalue weighted by Gasteiger charge is 2.45. The molecular formula is C22H24ClN3O6. The molecule has 10 heteroatoms. The Kier molecular flexibility index (Phi) is 6.48. The van der Waals surface area contributed by atoms with E-state index in [9.17, 15) is 24.3 Å². The first-order valence-corrected chi connectivity index (χ1v) is 10.9. The molecule has 0 spiro atoms. The maximum absolute atomic E-state index is 13.4. The summed E-state index contributed by atoms with van der Waals surface area (Å²) in [5.74, 6) is -1.87. The number of aliphatic hydroxyl groups excluding tert-OH is 1. The lowest BCUT2D eigenvalue weighted by molar-refractivity contribution is -0.155. The van der Waals surface area contributed by atoms with E-state index in [1.165, 1.54) is 4.90 Å². The maximum Gasteiger partial charge on any atom is 0.310 e. The largest absolute Gasteiger partial charge is 0.434 e. The molecule has 3 N–H and O–H groups in total. The van der Waals surface area contributed by atoms with Crippen LogP contribution in [0.4, 0.5) is 0 Å². The number of ether oxygens (including phenoxy) is 1. The van der Waals surface area contributed by atoms with Crippen molar-refractivity contribution in [3.05, 3.63) is 47.0 Å². The number of esters is 1. The number of hydrogen-bond donors (Lipinski definition) is 3. The van der Waals surface area contributed by atoms with Gasteiger partial charge in [-0.25, -0.2) is 0 Å². The average Bonchev–Trinajstić information content (AvgIpc) is 3.31. The van der Waals surface area contributed by atoms with Gasteiger partial charge in [-0.15, -0.1) is 0 Å². The highest BCUT2D eigenvalue weighted by molar-refractivity contribution is 6.33. The van der Waals surface area contributed by atoms with Crippen LogP contribution >= 0.6 is 11.6 Å². The third-order valence-electron chi connectivity index (χ3n) is 6.04. The van der Waals surface area contributed by atoms with Gasteiger partial charge in [-0.1, -0.05) is 35.9 Å². The van der Waals surface area contributed by atoms with Crippen LogP contribution in [-0.4, -0.2) is 64.2 Å². The number of benzene rings is 1. The SMILES string of the molecule is O=C1CC(NC(=O)[C@@H]2CC[C@H]3C/C=C\C[C@H](NC(=O)c4ccccc4Cl)C(=O)N32)C(O)O1. The van der Waals surface area contributed by atoms with E-state index in [-0.39, 0.29) is 35.4 Å². The molecule has 32 heavy (non-hydrogen) atoms. The Bertz CT molecular complexity index is 967. The highest BCUT2D eigenvalue weighted by Crippen LogP contribution is 2.30. The number of carbonyl (C=O) groups excluding carboxylic acids is 4. The molecule has 0 bridgehead atoms. The predicted octanol–water partition coefficient (Wildman–Crippen LogP) is 0.898. The van der Waals surface area contributed by atoms with Gasteiger partial charge in [0, 0.05) is 6.04 Å². The zero-order chi connectivity index (χ0) is 22.8. The molecule has 0 aromatic heterocycles.